The molecule has 0 spiro atoms. The molecule has 11 aromatic rings. The van der Waals surface area contributed by atoms with Crippen molar-refractivity contribution in [3.05, 3.63) is 200 Å². The Hall–Kier alpha value is -8.14. The minimum atomic E-state index is 0.508. The second kappa shape index (κ2) is 13.6. The molecule has 8 aromatic carbocycles. The highest BCUT2D eigenvalue weighted by Crippen LogP contribution is 2.43. The molecule has 0 N–H and O–H groups in total. The largest absolute Gasteiger partial charge is 0.309 e. The first-order valence-electron chi connectivity index (χ1n) is 19.3. The molecule has 0 unspecified atom stereocenters. The minimum absolute atomic E-state index is 0.508. The third-order valence-corrected chi connectivity index (χ3v) is 11.0. The van der Waals surface area contributed by atoms with E-state index in [0.717, 1.165) is 66.6 Å². The Kier molecular flexibility index (Phi) is 7.76. The van der Waals surface area contributed by atoms with Crippen LogP contribution in [0.15, 0.2) is 194 Å². The number of hydrogen-bond donors (Lipinski definition) is 0. The third kappa shape index (κ3) is 5.37. The van der Waals surface area contributed by atoms with E-state index < -0.39 is 0 Å². The number of benzene rings is 8. The second-order valence-corrected chi connectivity index (χ2v) is 14.4. The fourth-order valence-electron chi connectivity index (χ4n) is 8.39. The van der Waals surface area contributed by atoms with Crippen LogP contribution in [0.3, 0.4) is 0 Å². The number of nitriles is 1. The SMILES string of the molecule is N#Cc1cc(-c2nc(-c3ccccc3)nc(-c3ccccc3)n2)ccc1-c1ccc2c3ccc4c(c5ccccc5n4-c4ccccc4)c3n(-c3ccccc3)c2c1. The summed E-state index contributed by atoms with van der Waals surface area (Å²) in [4.78, 5) is 14.7. The van der Waals surface area contributed by atoms with Gasteiger partial charge in [0.1, 0.15) is 0 Å². The monoisotopic (exact) mass is 740 g/mol. The van der Waals surface area contributed by atoms with Gasteiger partial charge in [0.15, 0.2) is 17.5 Å². The van der Waals surface area contributed by atoms with Crippen molar-refractivity contribution in [3.8, 4) is 62.7 Å². The van der Waals surface area contributed by atoms with Gasteiger partial charge in [0.2, 0.25) is 0 Å². The number of fused-ring (bicyclic) bond motifs is 7. The molecule has 270 valence electrons. The van der Waals surface area contributed by atoms with Crippen molar-refractivity contribution in [2.24, 2.45) is 0 Å². The fourth-order valence-corrected chi connectivity index (χ4v) is 8.39. The molecule has 0 aliphatic carbocycles. The first-order valence-corrected chi connectivity index (χ1v) is 19.3. The van der Waals surface area contributed by atoms with Crippen LogP contribution in [-0.2, 0) is 0 Å². The lowest BCUT2D eigenvalue weighted by atomic mass is 9.96. The molecule has 0 saturated carbocycles. The maximum absolute atomic E-state index is 10.7. The maximum Gasteiger partial charge on any atom is 0.164 e. The number of para-hydroxylation sites is 3. The van der Waals surface area contributed by atoms with Gasteiger partial charge in [-0.1, -0.05) is 146 Å². The molecule has 6 nitrogen and oxygen atoms in total. The molecule has 0 saturated heterocycles. The van der Waals surface area contributed by atoms with Gasteiger partial charge in [-0.05, 0) is 59.7 Å². The summed E-state index contributed by atoms with van der Waals surface area (Å²) in [5.41, 5.74) is 11.6. The van der Waals surface area contributed by atoms with Gasteiger partial charge in [-0.15, -0.1) is 0 Å². The van der Waals surface area contributed by atoms with Crippen molar-refractivity contribution in [2.45, 2.75) is 0 Å². The molecular weight excluding hydrogens is 709 g/mol. The first-order chi connectivity index (χ1) is 28.7. The number of aromatic nitrogens is 5. The van der Waals surface area contributed by atoms with Crippen LogP contribution in [0.4, 0.5) is 0 Å². The molecule has 11 rings (SSSR count). The average Bonchev–Trinajstić information content (AvgIpc) is 3.82. The summed E-state index contributed by atoms with van der Waals surface area (Å²) in [7, 11) is 0. The highest BCUT2D eigenvalue weighted by molar-refractivity contribution is 6.26. The number of rotatable bonds is 6. The van der Waals surface area contributed by atoms with E-state index in [1.807, 2.05) is 78.9 Å². The topological polar surface area (TPSA) is 72.3 Å². The van der Waals surface area contributed by atoms with E-state index in [0.29, 0.717) is 23.0 Å². The zero-order valence-electron chi connectivity index (χ0n) is 31.2. The van der Waals surface area contributed by atoms with Gasteiger partial charge >= 0.3 is 0 Å². The highest BCUT2D eigenvalue weighted by Gasteiger charge is 2.22. The Morgan fingerprint density at radius 3 is 1.55 bits per heavy atom. The summed E-state index contributed by atoms with van der Waals surface area (Å²) in [6, 6.07) is 69.1. The van der Waals surface area contributed by atoms with E-state index in [-0.39, 0.29) is 0 Å². The van der Waals surface area contributed by atoms with E-state index >= 15 is 0 Å². The summed E-state index contributed by atoms with van der Waals surface area (Å²) in [6.45, 7) is 0. The maximum atomic E-state index is 10.7. The smallest absolute Gasteiger partial charge is 0.164 e. The van der Waals surface area contributed by atoms with Gasteiger partial charge < -0.3 is 9.13 Å². The van der Waals surface area contributed by atoms with Crippen molar-refractivity contribution in [3.63, 3.8) is 0 Å². The molecule has 0 aliphatic heterocycles. The standard InChI is InChI=1S/C52H32N6/c53-33-38-31-37(52-55-50(34-15-5-1-6-16-34)54-51(56-52)35-17-7-2-8-18-35)26-27-41(38)36-25-28-42-43-29-30-46-48(49(43)58(47(42)32-36)40-21-11-4-12-22-40)44-23-13-14-24-45(44)57(46)39-19-9-3-10-20-39/h1-32H. The van der Waals surface area contributed by atoms with Crippen molar-refractivity contribution in [1.82, 2.24) is 24.1 Å². The van der Waals surface area contributed by atoms with Crippen LogP contribution in [0.1, 0.15) is 5.56 Å². The molecule has 3 aromatic heterocycles. The average molecular weight is 741 g/mol. The predicted molar refractivity (Wildman–Crippen MR) is 235 cm³/mol. The molecule has 6 heteroatoms. The predicted octanol–water partition coefficient (Wildman–Crippen LogP) is 12.6. The van der Waals surface area contributed by atoms with Gasteiger partial charge in [0.05, 0.1) is 33.7 Å². The molecule has 0 radical (unpaired) electrons. The van der Waals surface area contributed by atoms with Crippen LogP contribution in [0.5, 0.6) is 0 Å². The van der Waals surface area contributed by atoms with E-state index in [1.165, 1.54) is 16.2 Å². The molecule has 0 aliphatic rings. The number of hydrogen-bond acceptors (Lipinski definition) is 4. The summed E-state index contributed by atoms with van der Waals surface area (Å²) < 4.78 is 4.75. The van der Waals surface area contributed by atoms with E-state index in [9.17, 15) is 5.26 Å². The Bertz CT molecular complexity index is 3320. The Morgan fingerprint density at radius 2 is 0.914 bits per heavy atom. The lowest BCUT2D eigenvalue weighted by molar-refractivity contribution is 1.07. The van der Waals surface area contributed by atoms with Crippen LogP contribution in [0, 0.1) is 11.3 Å². The zero-order valence-corrected chi connectivity index (χ0v) is 31.2. The van der Waals surface area contributed by atoms with Crippen LogP contribution >= 0.6 is 0 Å². The lowest BCUT2D eigenvalue weighted by Crippen LogP contribution is -2.00. The summed E-state index contributed by atoms with van der Waals surface area (Å²) >= 11 is 0. The molecular formula is C52H32N6. The molecule has 0 fully saturated rings. The number of nitrogens with zero attached hydrogens (tertiary/aromatic N) is 6. The summed E-state index contributed by atoms with van der Waals surface area (Å²) in [6.07, 6.45) is 0. The van der Waals surface area contributed by atoms with E-state index in [4.69, 9.17) is 15.0 Å². The first kappa shape index (κ1) is 33.2. The second-order valence-electron chi connectivity index (χ2n) is 14.4. The normalized spacial score (nSPS) is 11.4. The van der Waals surface area contributed by atoms with Gasteiger partial charge in [-0.25, -0.2) is 15.0 Å². The summed E-state index contributed by atoms with van der Waals surface area (Å²) in [5, 5.41) is 15.4. The Balaban J connectivity index is 1.12. The zero-order chi connectivity index (χ0) is 38.6. The Morgan fingerprint density at radius 1 is 0.379 bits per heavy atom. The van der Waals surface area contributed by atoms with E-state index in [2.05, 4.69) is 130 Å². The molecule has 0 bridgehead atoms. The summed E-state index contributed by atoms with van der Waals surface area (Å²) in [5.74, 6) is 1.66. The lowest BCUT2D eigenvalue weighted by Gasteiger charge is -2.12. The molecule has 3 heterocycles. The van der Waals surface area contributed by atoms with Crippen molar-refractivity contribution >= 4 is 43.6 Å². The van der Waals surface area contributed by atoms with Gasteiger partial charge in [0.25, 0.3) is 0 Å². The van der Waals surface area contributed by atoms with Gasteiger partial charge in [0, 0.05) is 49.6 Å². The van der Waals surface area contributed by atoms with E-state index in [1.54, 1.807) is 0 Å². The quantitative estimate of drug-likeness (QED) is 0.170. The van der Waals surface area contributed by atoms with Crippen molar-refractivity contribution < 1.29 is 0 Å². The van der Waals surface area contributed by atoms with Crippen molar-refractivity contribution in [2.75, 3.05) is 0 Å². The molecule has 58 heavy (non-hydrogen) atoms. The van der Waals surface area contributed by atoms with Crippen LogP contribution in [0.2, 0.25) is 0 Å². The van der Waals surface area contributed by atoms with Gasteiger partial charge in [-0.3, -0.25) is 0 Å². The van der Waals surface area contributed by atoms with Crippen molar-refractivity contribution in [1.29, 1.82) is 5.26 Å². The molecule has 0 atom stereocenters. The third-order valence-electron chi connectivity index (χ3n) is 11.0. The Labute approximate surface area is 334 Å². The highest BCUT2D eigenvalue weighted by atomic mass is 15.0. The molecule has 0 amide bonds. The van der Waals surface area contributed by atoms with Crippen LogP contribution < -0.4 is 0 Å². The fraction of sp³-hybridized carbons (Fsp3) is 0. The van der Waals surface area contributed by atoms with Crippen LogP contribution in [0.25, 0.3) is 100 Å². The van der Waals surface area contributed by atoms with Gasteiger partial charge in [-0.2, -0.15) is 5.26 Å². The minimum Gasteiger partial charge on any atom is -0.309 e. The van der Waals surface area contributed by atoms with Crippen LogP contribution in [-0.4, -0.2) is 24.1 Å².